The van der Waals surface area contributed by atoms with Crippen molar-refractivity contribution in [3.05, 3.63) is 0 Å². The number of carbonyl (C=O) groups is 3. The van der Waals surface area contributed by atoms with E-state index in [1.165, 1.54) is 64.2 Å². The number of hydrogen-bond donors (Lipinski definition) is 2. The predicted octanol–water partition coefficient (Wildman–Crippen LogP) is 6.96. The number of rotatable bonds is 4. The summed E-state index contributed by atoms with van der Waals surface area (Å²) in [6, 6.07) is 0. The summed E-state index contributed by atoms with van der Waals surface area (Å²) >= 11 is 0. The summed E-state index contributed by atoms with van der Waals surface area (Å²) in [7, 11) is 0. The van der Waals surface area contributed by atoms with Crippen molar-refractivity contribution >= 4 is 18.2 Å². The molecule has 0 unspecified atom stereocenters. The monoisotopic (exact) mass is 608 g/mol. The van der Waals surface area contributed by atoms with Crippen LogP contribution in [0.15, 0.2) is 0 Å². The highest BCUT2D eigenvalue weighted by atomic mass is 16.6. The van der Waals surface area contributed by atoms with Gasteiger partial charge in [-0.1, -0.05) is 64.2 Å². The van der Waals surface area contributed by atoms with Gasteiger partial charge in [0.2, 0.25) is 0 Å². The van der Waals surface area contributed by atoms with Crippen LogP contribution in [0.2, 0.25) is 0 Å². The molecular formula is C34H60N2O7. The molecule has 0 bridgehead atoms. The first-order valence-electron chi connectivity index (χ1n) is 16.9. The van der Waals surface area contributed by atoms with E-state index in [1.54, 1.807) is 4.90 Å². The number of likely N-dealkylation sites (tertiary alicyclic amines) is 2. The molecule has 2 aliphatic heterocycles. The Morgan fingerprint density at radius 2 is 1.05 bits per heavy atom. The van der Waals surface area contributed by atoms with Gasteiger partial charge in [0.05, 0.1) is 5.92 Å². The Morgan fingerprint density at radius 1 is 0.628 bits per heavy atom. The highest BCUT2D eigenvalue weighted by Crippen LogP contribution is 2.38. The number of aliphatic hydroxyl groups excluding tert-OH is 1. The third-order valence-electron chi connectivity index (χ3n) is 9.60. The van der Waals surface area contributed by atoms with Crippen molar-refractivity contribution in [3.8, 4) is 0 Å². The zero-order chi connectivity index (χ0) is 31.8. The van der Waals surface area contributed by atoms with Gasteiger partial charge in [-0.05, 0) is 78.1 Å². The lowest BCUT2D eigenvalue weighted by Gasteiger charge is -2.41. The van der Waals surface area contributed by atoms with Crippen LogP contribution in [0, 0.1) is 35.5 Å². The van der Waals surface area contributed by atoms with Gasteiger partial charge < -0.3 is 29.5 Å². The molecule has 9 nitrogen and oxygen atoms in total. The van der Waals surface area contributed by atoms with Gasteiger partial charge in [0.1, 0.15) is 11.2 Å². The van der Waals surface area contributed by atoms with Gasteiger partial charge in [-0.15, -0.1) is 0 Å². The maximum Gasteiger partial charge on any atom is 0.410 e. The van der Waals surface area contributed by atoms with Gasteiger partial charge in [-0.3, -0.25) is 4.79 Å². The van der Waals surface area contributed by atoms with Crippen molar-refractivity contribution in [2.75, 3.05) is 32.8 Å². The molecule has 9 heteroatoms. The topological polar surface area (TPSA) is 117 Å². The second kappa shape index (κ2) is 15.8. The number of nitrogens with zero attached hydrogens (tertiary/aromatic N) is 2. The fourth-order valence-corrected chi connectivity index (χ4v) is 7.54. The van der Waals surface area contributed by atoms with Crippen molar-refractivity contribution in [1.82, 2.24) is 9.80 Å². The Balaban J connectivity index is 0.000000236. The highest BCUT2D eigenvalue weighted by molar-refractivity contribution is 5.73. The third kappa shape index (κ3) is 11.8. The number of ether oxygens (including phenoxy) is 2. The number of hydrogen-bond acceptors (Lipinski definition) is 6. The SMILES string of the molecule is CC(C)(C)OC(=O)N1C[C@H](C(=O)O)C[C@H](C2CCCCC2)C1.CC(C)(C)OC(=O)N1C[C@H](CO)C[C@H](C2CCCCC2)C1. The maximum atomic E-state index is 12.3. The molecule has 0 radical (unpaired) electrons. The summed E-state index contributed by atoms with van der Waals surface area (Å²) in [6.45, 7) is 13.7. The van der Waals surface area contributed by atoms with Crippen molar-refractivity contribution in [2.45, 2.75) is 130 Å². The first-order chi connectivity index (χ1) is 20.1. The van der Waals surface area contributed by atoms with E-state index in [0.29, 0.717) is 37.3 Å². The smallest absolute Gasteiger partial charge is 0.410 e. The standard InChI is InChI=1S/C17H29NO4.C17H31NO3/c1-17(2,3)22-16(21)18-10-13(9-14(11-18)15(19)20)12-7-5-4-6-8-12;1-17(2,3)21-16(20)18-10-13(12-19)9-15(11-18)14-7-5-4-6-8-14/h12-14H,4-11H2,1-3H3,(H,19,20);13-15,19H,4-12H2,1-3H3/t13-,14+;13-,15+/m01/s1. The zero-order valence-corrected chi connectivity index (χ0v) is 27.8. The molecule has 2 saturated heterocycles. The average Bonchev–Trinajstić information content (AvgIpc) is 2.96. The van der Waals surface area contributed by atoms with Gasteiger partial charge in [0, 0.05) is 38.7 Å². The Bertz CT molecular complexity index is 899. The van der Waals surface area contributed by atoms with Crippen LogP contribution >= 0.6 is 0 Å². The summed E-state index contributed by atoms with van der Waals surface area (Å²) < 4.78 is 10.9. The molecule has 4 fully saturated rings. The molecule has 0 spiro atoms. The number of amides is 2. The Morgan fingerprint density at radius 3 is 1.44 bits per heavy atom. The quantitative estimate of drug-likeness (QED) is 0.354. The van der Waals surface area contributed by atoms with E-state index in [2.05, 4.69) is 0 Å². The minimum Gasteiger partial charge on any atom is -0.481 e. The van der Waals surface area contributed by atoms with Crippen LogP contribution in [0.4, 0.5) is 9.59 Å². The molecule has 0 aromatic carbocycles. The van der Waals surface area contributed by atoms with Crippen molar-refractivity contribution < 1.29 is 34.1 Å². The van der Waals surface area contributed by atoms with Crippen LogP contribution in [0.25, 0.3) is 0 Å². The lowest BCUT2D eigenvalue weighted by Crippen LogP contribution is -2.49. The molecule has 2 saturated carbocycles. The van der Waals surface area contributed by atoms with Gasteiger partial charge >= 0.3 is 18.2 Å². The summed E-state index contributed by atoms with van der Waals surface area (Å²) in [5, 5.41) is 19.0. The highest BCUT2D eigenvalue weighted by Gasteiger charge is 2.39. The first kappa shape index (κ1) is 35.4. The van der Waals surface area contributed by atoms with E-state index < -0.39 is 23.1 Å². The van der Waals surface area contributed by atoms with E-state index in [-0.39, 0.29) is 31.3 Å². The second-order valence-corrected chi connectivity index (χ2v) is 15.6. The van der Waals surface area contributed by atoms with Crippen LogP contribution < -0.4 is 0 Å². The maximum absolute atomic E-state index is 12.3. The number of aliphatic carboxylic acids is 1. The normalized spacial score (nSPS) is 28.0. The van der Waals surface area contributed by atoms with E-state index in [1.807, 2.05) is 46.4 Å². The van der Waals surface area contributed by atoms with Crippen LogP contribution in [0.5, 0.6) is 0 Å². The van der Waals surface area contributed by atoms with Crippen molar-refractivity contribution in [1.29, 1.82) is 0 Å². The zero-order valence-electron chi connectivity index (χ0n) is 27.8. The second-order valence-electron chi connectivity index (χ2n) is 15.6. The fourth-order valence-electron chi connectivity index (χ4n) is 7.54. The van der Waals surface area contributed by atoms with Crippen LogP contribution in [0.3, 0.4) is 0 Å². The lowest BCUT2D eigenvalue weighted by atomic mass is 9.74. The van der Waals surface area contributed by atoms with Crippen LogP contribution in [-0.4, -0.2) is 82.2 Å². The molecule has 0 aromatic heterocycles. The summed E-state index contributed by atoms with van der Waals surface area (Å²) in [4.78, 5) is 39.6. The van der Waals surface area contributed by atoms with Crippen LogP contribution in [0.1, 0.15) is 119 Å². The van der Waals surface area contributed by atoms with Gasteiger partial charge in [0.25, 0.3) is 0 Å². The summed E-state index contributed by atoms with van der Waals surface area (Å²) in [5.74, 6) is 1.05. The molecule has 4 rings (SSSR count). The van der Waals surface area contributed by atoms with E-state index in [4.69, 9.17) is 9.47 Å². The average molecular weight is 609 g/mol. The van der Waals surface area contributed by atoms with E-state index in [9.17, 15) is 24.6 Å². The Hall–Kier alpha value is -2.03. The van der Waals surface area contributed by atoms with Crippen molar-refractivity contribution in [3.63, 3.8) is 0 Å². The van der Waals surface area contributed by atoms with Crippen molar-refractivity contribution in [2.24, 2.45) is 35.5 Å². The van der Waals surface area contributed by atoms with E-state index >= 15 is 0 Å². The van der Waals surface area contributed by atoms with Crippen LogP contribution in [-0.2, 0) is 14.3 Å². The van der Waals surface area contributed by atoms with Gasteiger partial charge in [-0.2, -0.15) is 0 Å². The lowest BCUT2D eigenvalue weighted by molar-refractivity contribution is -0.144. The molecule has 4 aliphatic rings. The largest absolute Gasteiger partial charge is 0.481 e. The molecule has 43 heavy (non-hydrogen) atoms. The minimum absolute atomic E-state index is 0.169. The van der Waals surface area contributed by atoms with Gasteiger partial charge in [0.15, 0.2) is 0 Å². The molecule has 2 heterocycles. The minimum atomic E-state index is -0.797. The Labute approximate surface area is 260 Å². The number of carboxylic acid groups (broad SMARTS) is 1. The number of piperidine rings is 2. The molecule has 248 valence electrons. The van der Waals surface area contributed by atoms with E-state index in [0.717, 1.165) is 18.9 Å². The molecule has 0 aromatic rings. The molecule has 2 amide bonds. The third-order valence-corrected chi connectivity index (χ3v) is 9.60. The molecule has 2 N–H and O–H groups in total. The number of carbonyl (C=O) groups excluding carboxylic acids is 2. The summed E-state index contributed by atoms with van der Waals surface area (Å²) in [6.07, 6.45) is 13.8. The molecule has 4 atom stereocenters. The number of carboxylic acids is 1. The first-order valence-corrected chi connectivity index (χ1v) is 16.9. The van der Waals surface area contributed by atoms with Gasteiger partial charge in [-0.25, -0.2) is 9.59 Å². The number of aliphatic hydroxyl groups is 1. The molecular weight excluding hydrogens is 548 g/mol. The molecule has 2 aliphatic carbocycles. The fraction of sp³-hybridized carbons (Fsp3) is 0.912. The Kier molecular flexibility index (Phi) is 13.0. The predicted molar refractivity (Wildman–Crippen MR) is 167 cm³/mol. The summed E-state index contributed by atoms with van der Waals surface area (Å²) in [5.41, 5.74) is -1.00.